The lowest BCUT2D eigenvalue weighted by molar-refractivity contribution is -0.238. The summed E-state index contributed by atoms with van der Waals surface area (Å²) in [6.45, 7) is 10.1. The van der Waals surface area contributed by atoms with E-state index in [1.54, 1.807) is 11.3 Å². The summed E-state index contributed by atoms with van der Waals surface area (Å²) in [5.74, 6) is 0. The first-order chi connectivity index (χ1) is 8.89. The molecule has 0 aromatic carbocycles. The third kappa shape index (κ3) is 2.84. The zero-order valence-corrected chi connectivity index (χ0v) is 13.0. The second-order valence-electron chi connectivity index (χ2n) is 5.86. The molecule has 1 aliphatic rings. The molecule has 2 N–H and O–H groups in total. The third-order valence-electron chi connectivity index (χ3n) is 4.29. The summed E-state index contributed by atoms with van der Waals surface area (Å²) < 4.78 is 5.66. The van der Waals surface area contributed by atoms with Crippen LogP contribution in [0.4, 0.5) is 0 Å². The summed E-state index contributed by atoms with van der Waals surface area (Å²) >= 11 is 1.66. The third-order valence-corrected chi connectivity index (χ3v) is 5.11. The lowest BCUT2D eigenvalue weighted by Crippen LogP contribution is -2.68. The number of rotatable bonds is 6. The van der Waals surface area contributed by atoms with E-state index in [-0.39, 0.29) is 11.5 Å². The normalized spacial score (nSPS) is 29.2. The monoisotopic (exact) mass is 284 g/mol. The topological polar surface area (TPSA) is 54.4 Å². The fraction of sp³-hybridized carbons (Fsp3) is 0.786. The van der Waals surface area contributed by atoms with Gasteiger partial charge in [0.1, 0.15) is 0 Å². The van der Waals surface area contributed by atoms with Crippen molar-refractivity contribution in [2.75, 3.05) is 13.2 Å². The van der Waals surface area contributed by atoms with E-state index >= 15 is 0 Å². The molecule has 0 radical (unpaired) electrons. The number of aromatic nitrogens is 1. The van der Waals surface area contributed by atoms with Crippen LogP contribution in [-0.4, -0.2) is 34.9 Å². The van der Waals surface area contributed by atoms with Crippen molar-refractivity contribution in [1.82, 2.24) is 10.3 Å². The van der Waals surface area contributed by atoms with Crippen LogP contribution in [0.5, 0.6) is 0 Å². The molecule has 1 saturated carbocycles. The zero-order chi connectivity index (χ0) is 14.1. The Morgan fingerprint density at radius 2 is 2.32 bits per heavy atom. The van der Waals surface area contributed by atoms with E-state index in [0.29, 0.717) is 26.1 Å². The van der Waals surface area contributed by atoms with E-state index in [4.69, 9.17) is 4.74 Å². The van der Waals surface area contributed by atoms with Gasteiger partial charge in [-0.25, -0.2) is 4.98 Å². The lowest BCUT2D eigenvalue weighted by atomic mass is 9.56. The molecule has 0 spiro atoms. The molecule has 1 aromatic heterocycles. The molecule has 1 heterocycles. The number of hydrogen-bond acceptors (Lipinski definition) is 5. The standard InChI is InChI=1S/C14H24N2O2S/c1-5-18-12-6-14(17,13(12,3)4)9-15-7-11-8-19-10(2)16-11/h8,12,15,17H,5-7,9H2,1-4H3. The van der Waals surface area contributed by atoms with Gasteiger partial charge in [-0.05, 0) is 13.8 Å². The van der Waals surface area contributed by atoms with Crippen LogP contribution in [0.25, 0.3) is 0 Å². The van der Waals surface area contributed by atoms with Crippen LogP contribution in [0, 0.1) is 12.3 Å². The Morgan fingerprint density at radius 1 is 1.58 bits per heavy atom. The van der Waals surface area contributed by atoms with Crippen LogP contribution in [-0.2, 0) is 11.3 Å². The first kappa shape index (κ1) is 14.9. The van der Waals surface area contributed by atoms with Crippen LogP contribution in [0.1, 0.15) is 37.9 Å². The molecule has 5 heteroatoms. The number of thiazole rings is 1. The minimum Gasteiger partial charge on any atom is -0.388 e. The minimum atomic E-state index is -0.683. The second-order valence-corrected chi connectivity index (χ2v) is 6.93. The van der Waals surface area contributed by atoms with Crippen LogP contribution >= 0.6 is 11.3 Å². The summed E-state index contributed by atoms with van der Waals surface area (Å²) in [7, 11) is 0. The molecule has 0 bridgehead atoms. The van der Waals surface area contributed by atoms with Gasteiger partial charge in [0.15, 0.2) is 0 Å². The van der Waals surface area contributed by atoms with Crippen molar-refractivity contribution in [2.24, 2.45) is 5.41 Å². The summed E-state index contributed by atoms with van der Waals surface area (Å²) in [6.07, 6.45) is 0.863. The average molecular weight is 284 g/mol. The smallest absolute Gasteiger partial charge is 0.0897 e. The molecule has 1 aliphatic carbocycles. The van der Waals surface area contributed by atoms with Gasteiger partial charge in [-0.1, -0.05) is 13.8 Å². The van der Waals surface area contributed by atoms with Gasteiger partial charge >= 0.3 is 0 Å². The van der Waals surface area contributed by atoms with E-state index in [2.05, 4.69) is 29.5 Å². The summed E-state index contributed by atoms with van der Waals surface area (Å²) in [5.41, 5.74) is 0.163. The van der Waals surface area contributed by atoms with Crippen LogP contribution in [0.3, 0.4) is 0 Å². The van der Waals surface area contributed by atoms with Crippen molar-refractivity contribution in [1.29, 1.82) is 0 Å². The number of hydrogen-bond donors (Lipinski definition) is 2. The van der Waals surface area contributed by atoms with E-state index < -0.39 is 5.60 Å². The van der Waals surface area contributed by atoms with Crippen molar-refractivity contribution >= 4 is 11.3 Å². The molecule has 2 unspecified atom stereocenters. The number of nitrogens with one attached hydrogen (secondary N) is 1. The Balaban J connectivity index is 1.83. The summed E-state index contributed by atoms with van der Waals surface area (Å²) in [6, 6.07) is 0. The SMILES string of the molecule is CCOC1CC(O)(CNCc2csc(C)n2)C1(C)C. The number of aliphatic hydroxyl groups is 1. The highest BCUT2D eigenvalue weighted by atomic mass is 32.1. The maximum atomic E-state index is 10.7. The number of ether oxygens (including phenoxy) is 1. The van der Waals surface area contributed by atoms with Crippen LogP contribution in [0.2, 0.25) is 0 Å². The Morgan fingerprint density at radius 3 is 2.84 bits per heavy atom. The molecule has 1 aromatic rings. The molecule has 0 saturated heterocycles. The summed E-state index contributed by atoms with van der Waals surface area (Å²) in [4.78, 5) is 4.40. The zero-order valence-electron chi connectivity index (χ0n) is 12.2. The van der Waals surface area contributed by atoms with Crippen molar-refractivity contribution in [3.8, 4) is 0 Å². The molecule has 0 amide bonds. The van der Waals surface area contributed by atoms with Crippen LogP contribution < -0.4 is 5.32 Å². The molecule has 2 rings (SSSR count). The van der Waals surface area contributed by atoms with Crippen molar-refractivity contribution < 1.29 is 9.84 Å². The average Bonchev–Trinajstić information content (AvgIpc) is 2.75. The molecular formula is C14H24N2O2S. The van der Waals surface area contributed by atoms with E-state index in [0.717, 1.165) is 10.7 Å². The highest BCUT2D eigenvalue weighted by Gasteiger charge is 2.59. The first-order valence-electron chi connectivity index (χ1n) is 6.85. The Labute approximate surface area is 119 Å². The number of nitrogens with zero attached hydrogens (tertiary/aromatic N) is 1. The molecule has 108 valence electrons. The maximum Gasteiger partial charge on any atom is 0.0897 e. The maximum absolute atomic E-state index is 10.7. The Kier molecular flexibility index (Phi) is 4.30. The first-order valence-corrected chi connectivity index (χ1v) is 7.73. The minimum absolute atomic E-state index is 0.158. The predicted molar refractivity (Wildman–Crippen MR) is 77.3 cm³/mol. The van der Waals surface area contributed by atoms with Gasteiger partial charge in [-0.2, -0.15) is 0 Å². The molecule has 1 fully saturated rings. The molecular weight excluding hydrogens is 260 g/mol. The highest BCUT2D eigenvalue weighted by molar-refractivity contribution is 7.09. The van der Waals surface area contributed by atoms with Crippen molar-refractivity contribution in [3.63, 3.8) is 0 Å². The quantitative estimate of drug-likeness (QED) is 0.840. The molecule has 0 aliphatic heterocycles. The van der Waals surface area contributed by atoms with Crippen LogP contribution in [0.15, 0.2) is 5.38 Å². The van der Waals surface area contributed by atoms with Gasteiger partial charge in [0.2, 0.25) is 0 Å². The Hall–Kier alpha value is -0.490. The van der Waals surface area contributed by atoms with E-state index in [1.807, 2.05) is 13.8 Å². The van der Waals surface area contributed by atoms with Gasteiger partial charge in [-0.15, -0.1) is 11.3 Å². The summed E-state index contributed by atoms with van der Waals surface area (Å²) in [5, 5.41) is 17.1. The molecule has 19 heavy (non-hydrogen) atoms. The van der Waals surface area contributed by atoms with E-state index in [9.17, 15) is 5.11 Å². The van der Waals surface area contributed by atoms with Gasteiger partial charge in [0, 0.05) is 36.9 Å². The van der Waals surface area contributed by atoms with Gasteiger partial charge in [0.05, 0.1) is 22.4 Å². The molecule has 2 atom stereocenters. The van der Waals surface area contributed by atoms with E-state index in [1.165, 1.54) is 0 Å². The Bertz CT molecular complexity index is 433. The van der Waals surface area contributed by atoms with Gasteiger partial charge in [-0.3, -0.25) is 0 Å². The van der Waals surface area contributed by atoms with Crippen molar-refractivity contribution in [3.05, 3.63) is 16.1 Å². The predicted octanol–water partition coefficient (Wildman–Crippen LogP) is 2.11. The van der Waals surface area contributed by atoms with Gasteiger partial charge in [0.25, 0.3) is 0 Å². The van der Waals surface area contributed by atoms with Crippen molar-refractivity contribution in [2.45, 2.75) is 52.4 Å². The largest absolute Gasteiger partial charge is 0.388 e. The second kappa shape index (κ2) is 5.48. The highest BCUT2D eigenvalue weighted by Crippen LogP contribution is 2.50. The fourth-order valence-corrected chi connectivity index (χ4v) is 3.26. The lowest BCUT2D eigenvalue weighted by Gasteiger charge is -2.58. The van der Waals surface area contributed by atoms with Gasteiger partial charge < -0.3 is 15.2 Å². The molecule has 4 nitrogen and oxygen atoms in total. The fourth-order valence-electron chi connectivity index (χ4n) is 2.65. The number of aryl methyl sites for hydroxylation is 1.